The van der Waals surface area contributed by atoms with Crippen LogP contribution in [0.1, 0.15) is 52.9 Å². The number of nitrogens with zero attached hydrogens (tertiary/aromatic N) is 1. The molecule has 2 aliphatic rings. The van der Waals surface area contributed by atoms with Gasteiger partial charge in [0.1, 0.15) is 0 Å². The maximum Gasteiger partial charge on any atom is 0.156 e. The van der Waals surface area contributed by atoms with Gasteiger partial charge >= 0.3 is 0 Å². The van der Waals surface area contributed by atoms with Crippen LogP contribution in [0, 0.1) is 11.3 Å². The highest BCUT2D eigenvalue weighted by Crippen LogP contribution is 2.32. The lowest BCUT2D eigenvalue weighted by Gasteiger charge is -2.37. The van der Waals surface area contributed by atoms with Gasteiger partial charge in [0.15, 0.2) is 5.17 Å². The molecule has 0 aromatic rings. The summed E-state index contributed by atoms with van der Waals surface area (Å²) in [6, 6.07) is 0.716. The lowest BCUT2D eigenvalue weighted by atomic mass is 9.86. The zero-order valence-corrected chi connectivity index (χ0v) is 12.3. The second-order valence-electron chi connectivity index (χ2n) is 6.25. The number of nitrogens with one attached hydrogen (secondary N) is 1. The third kappa shape index (κ3) is 3.64. The lowest BCUT2D eigenvalue weighted by molar-refractivity contribution is 0.310. The molecule has 0 bridgehead atoms. The molecule has 3 heteroatoms. The van der Waals surface area contributed by atoms with E-state index in [-0.39, 0.29) is 0 Å². The molecule has 0 amide bonds. The third-order valence-electron chi connectivity index (χ3n) is 4.26. The van der Waals surface area contributed by atoms with Crippen LogP contribution >= 0.6 is 11.8 Å². The fraction of sp³-hybridized carbons (Fsp3) is 0.929. The second-order valence-corrected chi connectivity index (χ2v) is 7.25. The fourth-order valence-electron chi connectivity index (χ4n) is 2.47. The first-order valence-electron chi connectivity index (χ1n) is 7.04. The van der Waals surface area contributed by atoms with Crippen molar-refractivity contribution in [3.63, 3.8) is 0 Å². The number of thioether (sulfide) groups is 1. The third-order valence-corrected chi connectivity index (χ3v) is 5.38. The van der Waals surface area contributed by atoms with Crippen molar-refractivity contribution >= 4 is 16.9 Å². The van der Waals surface area contributed by atoms with E-state index in [1.54, 1.807) is 0 Å². The zero-order chi connectivity index (χ0) is 12.3. The van der Waals surface area contributed by atoms with Crippen molar-refractivity contribution in [2.75, 3.05) is 12.3 Å². The summed E-state index contributed by atoms with van der Waals surface area (Å²) in [5.74, 6) is 2.18. The first-order valence-corrected chi connectivity index (χ1v) is 8.03. The van der Waals surface area contributed by atoms with E-state index in [1.807, 2.05) is 11.8 Å². The Kier molecular flexibility index (Phi) is 4.40. The van der Waals surface area contributed by atoms with Gasteiger partial charge in [-0.05, 0) is 30.6 Å². The molecule has 1 N–H and O–H groups in total. The summed E-state index contributed by atoms with van der Waals surface area (Å²) in [6.07, 6.45) is 6.78. The van der Waals surface area contributed by atoms with Crippen LogP contribution in [0.3, 0.4) is 0 Å². The Morgan fingerprint density at radius 3 is 2.88 bits per heavy atom. The summed E-state index contributed by atoms with van der Waals surface area (Å²) >= 11 is 1.94. The molecule has 2 nitrogen and oxygen atoms in total. The van der Waals surface area contributed by atoms with Gasteiger partial charge in [-0.15, -0.1) is 0 Å². The van der Waals surface area contributed by atoms with Crippen LogP contribution in [0.2, 0.25) is 0 Å². The lowest BCUT2D eigenvalue weighted by Crippen LogP contribution is -2.46. The van der Waals surface area contributed by atoms with Crippen LogP contribution in [-0.4, -0.2) is 23.5 Å². The zero-order valence-electron chi connectivity index (χ0n) is 11.5. The summed E-state index contributed by atoms with van der Waals surface area (Å²) in [7, 11) is 0. The van der Waals surface area contributed by atoms with Gasteiger partial charge in [0.05, 0.1) is 0 Å². The predicted octanol–water partition coefficient (Wildman–Crippen LogP) is 3.67. The van der Waals surface area contributed by atoms with Gasteiger partial charge in [0.2, 0.25) is 0 Å². The average molecular weight is 254 g/mol. The number of hydrogen-bond donors (Lipinski definition) is 1. The SMILES string of the molecule is CCC(C)(C)CN=C1NC2CCCCC2CS1. The van der Waals surface area contributed by atoms with Gasteiger partial charge in [-0.3, -0.25) is 4.99 Å². The molecule has 1 aliphatic heterocycles. The molecule has 1 saturated carbocycles. The molecule has 2 atom stereocenters. The van der Waals surface area contributed by atoms with E-state index in [2.05, 4.69) is 26.1 Å². The van der Waals surface area contributed by atoms with E-state index in [0.717, 1.165) is 12.5 Å². The topological polar surface area (TPSA) is 24.4 Å². The Bertz CT molecular complexity index is 286. The van der Waals surface area contributed by atoms with E-state index in [9.17, 15) is 0 Å². The summed E-state index contributed by atoms with van der Waals surface area (Å²) in [5.41, 5.74) is 0.346. The Hall–Kier alpha value is -0.180. The van der Waals surface area contributed by atoms with Gasteiger partial charge in [-0.2, -0.15) is 0 Å². The Labute approximate surface area is 110 Å². The highest BCUT2D eigenvalue weighted by molar-refractivity contribution is 8.13. The van der Waals surface area contributed by atoms with E-state index < -0.39 is 0 Å². The maximum absolute atomic E-state index is 4.79. The molecule has 1 aliphatic carbocycles. The highest BCUT2D eigenvalue weighted by atomic mass is 32.2. The number of hydrogen-bond acceptors (Lipinski definition) is 2. The van der Waals surface area contributed by atoms with Gasteiger partial charge in [-0.25, -0.2) is 0 Å². The minimum atomic E-state index is 0.346. The molecule has 0 spiro atoms. The monoisotopic (exact) mass is 254 g/mol. The van der Waals surface area contributed by atoms with Crippen molar-refractivity contribution in [2.45, 2.75) is 58.9 Å². The van der Waals surface area contributed by atoms with Crippen LogP contribution in [0.15, 0.2) is 4.99 Å². The molecule has 2 fully saturated rings. The Morgan fingerprint density at radius 1 is 1.35 bits per heavy atom. The normalized spacial score (nSPS) is 32.1. The number of fused-ring (bicyclic) bond motifs is 1. The average Bonchev–Trinajstić information content (AvgIpc) is 2.36. The smallest absolute Gasteiger partial charge is 0.156 e. The van der Waals surface area contributed by atoms with Gasteiger partial charge in [0.25, 0.3) is 0 Å². The molecule has 1 saturated heterocycles. The van der Waals surface area contributed by atoms with Crippen LogP contribution in [0.5, 0.6) is 0 Å². The van der Waals surface area contributed by atoms with Crippen molar-refractivity contribution in [3.8, 4) is 0 Å². The van der Waals surface area contributed by atoms with E-state index in [0.29, 0.717) is 11.5 Å². The Morgan fingerprint density at radius 2 is 2.12 bits per heavy atom. The van der Waals surface area contributed by atoms with Crippen molar-refractivity contribution in [2.24, 2.45) is 16.3 Å². The fourth-order valence-corrected chi connectivity index (χ4v) is 3.63. The minimum Gasteiger partial charge on any atom is -0.362 e. The summed E-state index contributed by atoms with van der Waals surface area (Å²) in [6.45, 7) is 7.80. The maximum atomic E-state index is 4.79. The number of aliphatic imine (C=N–C) groups is 1. The molecular weight excluding hydrogens is 228 g/mol. The molecule has 17 heavy (non-hydrogen) atoms. The summed E-state index contributed by atoms with van der Waals surface area (Å²) in [5, 5.41) is 4.87. The standard InChI is InChI=1S/C14H26N2S/c1-4-14(2,3)10-15-13-16-12-8-6-5-7-11(12)9-17-13/h11-12H,4-10H2,1-3H3,(H,15,16). The predicted molar refractivity (Wildman–Crippen MR) is 77.7 cm³/mol. The highest BCUT2D eigenvalue weighted by Gasteiger charge is 2.30. The molecule has 2 rings (SSSR count). The molecule has 0 aromatic heterocycles. The molecule has 0 radical (unpaired) electrons. The number of amidine groups is 1. The summed E-state index contributed by atoms with van der Waals surface area (Å²) < 4.78 is 0. The van der Waals surface area contributed by atoms with Crippen LogP contribution < -0.4 is 5.32 Å². The van der Waals surface area contributed by atoms with Crippen LogP contribution in [0.25, 0.3) is 0 Å². The van der Waals surface area contributed by atoms with Crippen LogP contribution in [0.4, 0.5) is 0 Å². The molecule has 2 unspecified atom stereocenters. The van der Waals surface area contributed by atoms with Crippen molar-refractivity contribution in [1.82, 2.24) is 5.32 Å². The van der Waals surface area contributed by atoms with Gasteiger partial charge < -0.3 is 5.32 Å². The van der Waals surface area contributed by atoms with E-state index >= 15 is 0 Å². The Balaban J connectivity index is 1.89. The van der Waals surface area contributed by atoms with Gasteiger partial charge in [0, 0.05) is 18.3 Å². The first kappa shape index (κ1) is 13.3. The first-order chi connectivity index (χ1) is 8.11. The minimum absolute atomic E-state index is 0.346. The molecular formula is C14H26N2S. The van der Waals surface area contributed by atoms with Crippen LogP contribution in [-0.2, 0) is 0 Å². The number of rotatable bonds is 3. The molecule has 98 valence electrons. The quantitative estimate of drug-likeness (QED) is 0.831. The largest absolute Gasteiger partial charge is 0.362 e. The summed E-state index contributed by atoms with van der Waals surface area (Å²) in [4.78, 5) is 4.79. The van der Waals surface area contributed by atoms with E-state index in [4.69, 9.17) is 4.99 Å². The van der Waals surface area contributed by atoms with Crippen molar-refractivity contribution in [1.29, 1.82) is 0 Å². The van der Waals surface area contributed by atoms with Crippen molar-refractivity contribution < 1.29 is 0 Å². The van der Waals surface area contributed by atoms with E-state index in [1.165, 1.54) is 43.0 Å². The van der Waals surface area contributed by atoms with Crippen molar-refractivity contribution in [3.05, 3.63) is 0 Å². The van der Waals surface area contributed by atoms with Gasteiger partial charge in [-0.1, -0.05) is 45.4 Å². The second kappa shape index (κ2) is 5.64. The molecule has 1 heterocycles. The molecule has 0 aromatic carbocycles.